The van der Waals surface area contributed by atoms with Crippen molar-refractivity contribution in [3.8, 4) is 5.75 Å². The first-order valence-electron chi connectivity index (χ1n) is 9.55. The number of benzene rings is 2. The summed E-state index contributed by atoms with van der Waals surface area (Å²) in [5.41, 5.74) is 3.54. The molecule has 1 amide bonds. The molecule has 3 heteroatoms. The highest BCUT2D eigenvalue weighted by atomic mass is 16.5. The summed E-state index contributed by atoms with van der Waals surface area (Å²) in [6.45, 7) is 11.7. The number of hydrogen-bond acceptors (Lipinski definition) is 2. The van der Waals surface area contributed by atoms with Gasteiger partial charge in [0.25, 0.3) is 0 Å². The van der Waals surface area contributed by atoms with E-state index in [0.717, 1.165) is 24.4 Å². The molecular weight excluding hydrogens is 322 g/mol. The Morgan fingerprint density at radius 1 is 0.923 bits per heavy atom. The Hall–Kier alpha value is -2.29. The molecule has 0 aliphatic rings. The topological polar surface area (TPSA) is 29.5 Å². The first kappa shape index (κ1) is 20.0. The minimum absolute atomic E-state index is 0.0526. The Labute approximate surface area is 158 Å². The largest absolute Gasteiger partial charge is 0.491 e. The number of rotatable bonds is 8. The zero-order valence-electron chi connectivity index (χ0n) is 16.7. The van der Waals surface area contributed by atoms with E-state index in [4.69, 9.17) is 4.74 Å². The Morgan fingerprint density at radius 2 is 1.42 bits per heavy atom. The maximum Gasteiger partial charge on any atom is 0.223 e. The second kappa shape index (κ2) is 9.42. The van der Waals surface area contributed by atoms with Crippen molar-refractivity contribution < 1.29 is 9.53 Å². The van der Waals surface area contributed by atoms with Gasteiger partial charge in [0.1, 0.15) is 5.75 Å². The number of nitrogens with zero attached hydrogens (tertiary/aromatic N) is 1. The van der Waals surface area contributed by atoms with Crippen molar-refractivity contribution in [2.45, 2.75) is 53.1 Å². The molecular formula is C23H31NO2. The molecule has 0 bridgehead atoms. The molecule has 0 spiro atoms. The monoisotopic (exact) mass is 353 g/mol. The zero-order chi connectivity index (χ0) is 19.1. The van der Waals surface area contributed by atoms with Gasteiger partial charge in [-0.3, -0.25) is 4.79 Å². The molecule has 3 nitrogen and oxygen atoms in total. The molecule has 2 aromatic carbocycles. The Bertz CT molecular complexity index is 685. The Kier molecular flexibility index (Phi) is 7.26. The van der Waals surface area contributed by atoms with Gasteiger partial charge in [0.05, 0.1) is 6.10 Å². The van der Waals surface area contributed by atoms with Crippen LogP contribution in [0.25, 0.3) is 0 Å². The van der Waals surface area contributed by atoms with Crippen LogP contribution in [0.15, 0.2) is 48.5 Å². The Morgan fingerprint density at radius 3 is 1.88 bits per heavy atom. The van der Waals surface area contributed by atoms with E-state index in [1.165, 1.54) is 11.1 Å². The van der Waals surface area contributed by atoms with Gasteiger partial charge in [0.15, 0.2) is 0 Å². The molecule has 1 unspecified atom stereocenters. The Balaban J connectivity index is 2.30. The summed E-state index contributed by atoms with van der Waals surface area (Å²) in [4.78, 5) is 14.6. The van der Waals surface area contributed by atoms with Gasteiger partial charge in [-0.2, -0.15) is 0 Å². The third-order valence-corrected chi connectivity index (χ3v) is 4.63. The van der Waals surface area contributed by atoms with Crippen LogP contribution < -0.4 is 4.74 Å². The van der Waals surface area contributed by atoms with Gasteiger partial charge in [-0.1, -0.05) is 42.0 Å². The summed E-state index contributed by atoms with van der Waals surface area (Å²) < 4.78 is 5.75. The minimum Gasteiger partial charge on any atom is -0.491 e. The maximum atomic E-state index is 12.7. The first-order valence-corrected chi connectivity index (χ1v) is 9.55. The molecule has 0 aliphatic carbocycles. The van der Waals surface area contributed by atoms with Crippen molar-refractivity contribution in [2.75, 3.05) is 13.1 Å². The number of amides is 1. The zero-order valence-corrected chi connectivity index (χ0v) is 16.7. The van der Waals surface area contributed by atoms with E-state index in [1.54, 1.807) is 0 Å². The van der Waals surface area contributed by atoms with E-state index in [0.29, 0.717) is 6.42 Å². The first-order chi connectivity index (χ1) is 12.4. The summed E-state index contributed by atoms with van der Waals surface area (Å²) >= 11 is 0. The van der Waals surface area contributed by atoms with Gasteiger partial charge in [-0.25, -0.2) is 0 Å². The lowest BCUT2D eigenvalue weighted by molar-refractivity contribution is -0.131. The lowest BCUT2D eigenvalue weighted by Gasteiger charge is -2.24. The normalized spacial score (nSPS) is 12.1. The summed E-state index contributed by atoms with van der Waals surface area (Å²) in [5, 5.41) is 0. The molecule has 2 aromatic rings. The van der Waals surface area contributed by atoms with Crippen LogP contribution in [0.4, 0.5) is 0 Å². The second-order valence-corrected chi connectivity index (χ2v) is 6.97. The van der Waals surface area contributed by atoms with Crippen molar-refractivity contribution in [1.29, 1.82) is 0 Å². The fraction of sp³-hybridized carbons (Fsp3) is 0.435. The lowest BCUT2D eigenvalue weighted by Crippen LogP contribution is -2.31. The van der Waals surface area contributed by atoms with Crippen molar-refractivity contribution in [1.82, 2.24) is 4.90 Å². The second-order valence-electron chi connectivity index (χ2n) is 6.97. The highest BCUT2D eigenvalue weighted by Gasteiger charge is 2.21. The third kappa shape index (κ3) is 5.35. The molecule has 2 rings (SSSR count). The van der Waals surface area contributed by atoms with Gasteiger partial charge >= 0.3 is 0 Å². The molecule has 0 aromatic heterocycles. The molecule has 1 atom stereocenters. The van der Waals surface area contributed by atoms with Crippen LogP contribution in [0.1, 0.15) is 56.7 Å². The fourth-order valence-corrected chi connectivity index (χ4v) is 3.16. The molecule has 140 valence electrons. The van der Waals surface area contributed by atoms with Crippen LogP contribution in [0.5, 0.6) is 5.75 Å². The van der Waals surface area contributed by atoms with Gasteiger partial charge in [0, 0.05) is 25.4 Å². The third-order valence-electron chi connectivity index (χ3n) is 4.63. The molecule has 0 fully saturated rings. The van der Waals surface area contributed by atoms with E-state index >= 15 is 0 Å². The number of carbonyl (C=O) groups is 1. The molecule has 26 heavy (non-hydrogen) atoms. The van der Waals surface area contributed by atoms with E-state index in [9.17, 15) is 4.79 Å². The van der Waals surface area contributed by atoms with Crippen molar-refractivity contribution in [3.63, 3.8) is 0 Å². The number of hydrogen-bond donors (Lipinski definition) is 0. The van der Waals surface area contributed by atoms with Crippen molar-refractivity contribution >= 4 is 5.91 Å². The predicted molar refractivity (Wildman–Crippen MR) is 108 cm³/mol. The van der Waals surface area contributed by atoms with Crippen LogP contribution in [0.3, 0.4) is 0 Å². The molecule has 0 heterocycles. The molecule has 0 N–H and O–H groups in total. The molecule has 0 saturated carbocycles. The maximum absolute atomic E-state index is 12.7. The van der Waals surface area contributed by atoms with E-state index in [1.807, 2.05) is 44.7 Å². The number of carbonyl (C=O) groups excluding carboxylic acids is 1. The van der Waals surface area contributed by atoms with Crippen molar-refractivity contribution in [2.24, 2.45) is 0 Å². The van der Waals surface area contributed by atoms with Crippen LogP contribution >= 0.6 is 0 Å². The average molecular weight is 354 g/mol. The van der Waals surface area contributed by atoms with Crippen LogP contribution in [0, 0.1) is 6.92 Å². The van der Waals surface area contributed by atoms with Crippen LogP contribution in [-0.4, -0.2) is 30.0 Å². The summed E-state index contributed by atoms with van der Waals surface area (Å²) in [6.07, 6.45) is 0.632. The van der Waals surface area contributed by atoms with Gasteiger partial charge < -0.3 is 9.64 Å². The van der Waals surface area contributed by atoms with E-state index in [2.05, 4.69) is 43.3 Å². The highest BCUT2D eigenvalue weighted by Crippen LogP contribution is 2.30. The smallest absolute Gasteiger partial charge is 0.223 e. The van der Waals surface area contributed by atoms with Crippen molar-refractivity contribution in [3.05, 3.63) is 65.2 Å². The summed E-state index contributed by atoms with van der Waals surface area (Å²) in [6, 6.07) is 16.6. The SMILES string of the molecule is CCN(CC)C(=O)CC(c1ccc(C)cc1)c1ccc(OC(C)C)cc1. The molecule has 0 aliphatic heterocycles. The summed E-state index contributed by atoms with van der Waals surface area (Å²) in [7, 11) is 0. The van der Waals surface area contributed by atoms with E-state index in [-0.39, 0.29) is 17.9 Å². The van der Waals surface area contributed by atoms with Crippen LogP contribution in [0.2, 0.25) is 0 Å². The van der Waals surface area contributed by atoms with Crippen LogP contribution in [-0.2, 0) is 4.79 Å². The summed E-state index contributed by atoms with van der Waals surface area (Å²) in [5.74, 6) is 1.11. The van der Waals surface area contributed by atoms with E-state index < -0.39 is 0 Å². The minimum atomic E-state index is 0.0526. The lowest BCUT2D eigenvalue weighted by atomic mass is 9.87. The number of ether oxygens (including phenoxy) is 1. The molecule has 0 radical (unpaired) electrons. The fourth-order valence-electron chi connectivity index (χ4n) is 3.16. The molecule has 0 saturated heterocycles. The van der Waals surface area contributed by atoms with Gasteiger partial charge in [0.2, 0.25) is 5.91 Å². The van der Waals surface area contributed by atoms with Gasteiger partial charge in [-0.15, -0.1) is 0 Å². The highest BCUT2D eigenvalue weighted by molar-refractivity contribution is 5.77. The average Bonchev–Trinajstić information content (AvgIpc) is 2.62. The predicted octanol–water partition coefficient (Wildman–Crippen LogP) is 5.17. The number of aryl methyl sites for hydroxylation is 1. The quantitative estimate of drug-likeness (QED) is 0.655. The standard InChI is InChI=1S/C23H31NO2/c1-6-24(7-2)23(25)16-22(19-10-8-18(5)9-11-19)20-12-14-21(15-13-20)26-17(3)4/h8-15,17,22H,6-7,16H2,1-5H3. The van der Waals surface area contributed by atoms with Gasteiger partial charge in [-0.05, 0) is 57.9 Å².